The number of H-pyrrole nitrogens is 1. The van der Waals surface area contributed by atoms with Crippen LogP contribution in [0.5, 0.6) is 0 Å². The molecule has 180 valence electrons. The molecule has 2 aromatic carbocycles. The van der Waals surface area contributed by atoms with E-state index in [4.69, 9.17) is 27.9 Å². The number of ether oxygens (including phenoxy) is 1. The second kappa shape index (κ2) is 10.8. The Bertz CT molecular complexity index is 1190. The molecule has 1 aliphatic heterocycles. The molecule has 2 atom stereocenters. The van der Waals surface area contributed by atoms with Gasteiger partial charge in [-0.15, -0.1) is 0 Å². The largest absolute Gasteiger partial charge is 0.466 e. The van der Waals surface area contributed by atoms with E-state index in [-0.39, 0.29) is 30.1 Å². The molecule has 0 unspecified atom stereocenters. The number of rotatable bonds is 7. The van der Waals surface area contributed by atoms with E-state index < -0.39 is 0 Å². The van der Waals surface area contributed by atoms with Crippen LogP contribution in [0.2, 0.25) is 10.0 Å². The lowest BCUT2D eigenvalue weighted by molar-refractivity contribution is -0.151. The molecule has 1 aromatic heterocycles. The highest BCUT2D eigenvalue weighted by Gasteiger charge is 2.31. The number of amides is 1. The number of nitrogens with one attached hydrogen (secondary N) is 1. The zero-order valence-corrected chi connectivity index (χ0v) is 21.1. The van der Waals surface area contributed by atoms with Gasteiger partial charge >= 0.3 is 5.97 Å². The van der Waals surface area contributed by atoms with Gasteiger partial charge < -0.3 is 14.6 Å². The first-order valence-electron chi connectivity index (χ1n) is 11.9. The number of carbonyl (C=O) groups is 2. The normalized spacial score (nSPS) is 17.1. The molecule has 0 spiro atoms. The fourth-order valence-electron chi connectivity index (χ4n) is 4.92. The molecule has 0 saturated carbocycles. The predicted octanol–water partition coefficient (Wildman–Crippen LogP) is 6.36. The first-order valence-corrected chi connectivity index (χ1v) is 12.7. The topological polar surface area (TPSA) is 62.4 Å². The lowest BCUT2D eigenvalue weighted by Gasteiger charge is -2.32. The van der Waals surface area contributed by atoms with Gasteiger partial charge in [-0.05, 0) is 55.0 Å². The van der Waals surface area contributed by atoms with Crippen molar-refractivity contribution < 1.29 is 14.3 Å². The number of aromatic nitrogens is 1. The summed E-state index contributed by atoms with van der Waals surface area (Å²) in [4.78, 5) is 31.0. The van der Waals surface area contributed by atoms with Gasteiger partial charge in [-0.3, -0.25) is 9.59 Å². The van der Waals surface area contributed by atoms with Gasteiger partial charge in [0.2, 0.25) is 5.91 Å². The van der Waals surface area contributed by atoms with Crippen molar-refractivity contribution in [1.29, 1.82) is 0 Å². The molecule has 0 radical (unpaired) electrons. The van der Waals surface area contributed by atoms with Gasteiger partial charge in [0.15, 0.2) is 0 Å². The highest BCUT2D eigenvalue weighted by molar-refractivity contribution is 6.42. The number of benzene rings is 2. The average Bonchev–Trinajstić information content (AvgIpc) is 3.28. The van der Waals surface area contributed by atoms with E-state index in [2.05, 4.69) is 30.1 Å². The third kappa shape index (κ3) is 5.11. The van der Waals surface area contributed by atoms with E-state index in [9.17, 15) is 9.59 Å². The van der Waals surface area contributed by atoms with E-state index >= 15 is 0 Å². The average molecular weight is 501 g/mol. The molecule has 7 heteroatoms. The highest BCUT2D eigenvalue weighted by Crippen LogP contribution is 2.37. The number of piperidine rings is 1. The van der Waals surface area contributed by atoms with Crippen molar-refractivity contribution in [2.75, 3.05) is 19.7 Å². The molecule has 4 rings (SSSR count). The Morgan fingerprint density at radius 2 is 2.00 bits per heavy atom. The molecule has 1 saturated heterocycles. The van der Waals surface area contributed by atoms with Crippen LogP contribution in [0.4, 0.5) is 0 Å². The van der Waals surface area contributed by atoms with Crippen LogP contribution in [0.3, 0.4) is 0 Å². The minimum absolute atomic E-state index is 0.0195. The minimum atomic E-state index is -0.263. The monoisotopic (exact) mass is 500 g/mol. The van der Waals surface area contributed by atoms with Crippen LogP contribution in [0.15, 0.2) is 42.6 Å². The molecule has 1 fully saturated rings. The Morgan fingerprint density at radius 1 is 1.18 bits per heavy atom. The van der Waals surface area contributed by atoms with Gasteiger partial charge in [-0.2, -0.15) is 0 Å². The number of nitrogens with zero attached hydrogens (tertiary/aromatic N) is 1. The number of hydrogen-bond acceptors (Lipinski definition) is 3. The maximum Gasteiger partial charge on any atom is 0.310 e. The summed E-state index contributed by atoms with van der Waals surface area (Å²) in [5, 5.41) is 2.05. The van der Waals surface area contributed by atoms with Gasteiger partial charge in [-0.1, -0.05) is 54.4 Å². The summed E-state index contributed by atoms with van der Waals surface area (Å²) in [7, 11) is 0. The summed E-state index contributed by atoms with van der Waals surface area (Å²) < 4.78 is 5.20. The number of aryl methyl sites for hydroxylation is 1. The van der Waals surface area contributed by atoms with Gasteiger partial charge in [0.05, 0.1) is 22.6 Å². The van der Waals surface area contributed by atoms with Crippen LogP contribution in [-0.4, -0.2) is 41.5 Å². The molecule has 1 N–H and O–H groups in total. The van der Waals surface area contributed by atoms with Crippen molar-refractivity contribution in [3.05, 3.63) is 69.3 Å². The van der Waals surface area contributed by atoms with Crippen LogP contribution >= 0.6 is 23.2 Å². The number of carbonyl (C=O) groups excluding carboxylic acids is 2. The molecule has 1 amide bonds. The molecule has 3 aromatic rings. The first kappa shape index (κ1) is 24.6. The van der Waals surface area contributed by atoms with Crippen LogP contribution in [0.1, 0.15) is 55.7 Å². The maximum atomic E-state index is 13.5. The Balaban J connectivity index is 1.66. The molecule has 0 bridgehead atoms. The van der Waals surface area contributed by atoms with Gasteiger partial charge in [-0.25, -0.2) is 0 Å². The predicted molar refractivity (Wildman–Crippen MR) is 137 cm³/mol. The molecular weight excluding hydrogens is 471 g/mol. The standard InChI is InChI=1S/C27H30Cl2N2O3/c1-3-17-7-5-9-20-22(15-30-26(17)20)21(18-10-11-23(28)24(29)13-18)14-25(32)31-12-6-8-19(16-31)27(33)34-4-2/h5,7,9-11,13,15,19,21,30H,3-4,6,8,12,14,16H2,1-2H3/t19-,21-/m1/s1. The number of para-hydroxylation sites is 1. The number of fused-ring (bicyclic) bond motifs is 1. The molecule has 2 heterocycles. The summed E-state index contributed by atoms with van der Waals surface area (Å²) in [6.45, 7) is 5.33. The number of likely N-dealkylation sites (tertiary alicyclic amines) is 1. The molecule has 0 aliphatic carbocycles. The van der Waals surface area contributed by atoms with E-state index in [1.165, 1.54) is 5.56 Å². The summed E-state index contributed by atoms with van der Waals surface area (Å²) in [5.74, 6) is -0.664. The van der Waals surface area contributed by atoms with Gasteiger partial charge in [0, 0.05) is 42.5 Å². The number of aromatic amines is 1. The van der Waals surface area contributed by atoms with Crippen molar-refractivity contribution in [3.8, 4) is 0 Å². The maximum absolute atomic E-state index is 13.5. The summed E-state index contributed by atoms with van der Waals surface area (Å²) >= 11 is 12.6. The van der Waals surface area contributed by atoms with Crippen LogP contribution in [0, 0.1) is 5.92 Å². The number of hydrogen-bond donors (Lipinski definition) is 1. The van der Waals surface area contributed by atoms with Crippen LogP contribution in [0.25, 0.3) is 10.9 Å². The smallest absolute Gasteiger partial charge is 0.310 e. The second-order valence-electron chi connectivity index (χ2n) is 8.80. The second-order valence-corrected chi connectivity index (χ2v) is 9.61. The van der Waals surface area contributed by atoms with Crippen molar-refractivity contribution in [3.63, 3.8) is 0 Å². The third-order valence-electron chi connectivity index (χ3n) is 6.71. The Labute approximate surface area is 210 Å². The van der Waals surface area contributed by atoms with Crippen LogP contribution < -0.4 is 0 Å². The lowest BCUT2D eigenvalue weighted by atomic mass is 9.87. The minimum Gasteiger partial charge on any atom is -0.466 e. The van der Waals surface area contributed by atoms with Crippen molar-refractivity contribution in [2.24, 2.45) is 5.92 Å². The van der Waals surface area contributed by atoms with E-state index in [1.807, 2.05) is 23.2 Å². The quantitative estimate of drug-likeness (QED) is 0.383. The Hall–Kier alpha value is -2.50. The van der Waals surface area contributed by atoms with E-state index in [0.717, 1.165) is 41.3 Å². The number of halogens is 2. The van der Waals surface area contributed by atoms with E-state index in [0.29, 0.717) is 29.7 Å². The zero-order chi connectivity index (χ0) is 24.2. The van der Waals surface area contributed by atoms with Gasteiger partial charge in [0.25, 0.3) is 0 Å². The Morgan fingerprint density at radius 3 is 2.74 bits per heavy atom. The molecule has 34 heavy (non-hydrogen) atoms. The fraction of sp³-hybridized carbons (Fsp3) is 0.407. The third-order valence-corrected chi connectivity index (χ3v) is 7.45. The van der Waals surface area contributed by atoms with Crippen molar-refractivity contribution >= 4 is 46.0 Å². The summed E-state index contributed by atoms with van der Waals surface area (Å²) in [6, 6.07) is 11.8. The zero-order valence-electron chi connectivity index (χ0n) is 19.6. The molecule has 1 aliphatic rings. The number of esters is 1. The fourth-order valence-corrected chi connectivity index (χ4v) is 5.22. The Kier molecular flexibility index (Phi) is 7.84. The molecular formula is C27H30Cl2N2O3. The summed E-state index contributed by atoms with van der Waals surface area (Å²) in [5.41, 5.74) is 4.31. The van der Waals surface area contributed by atoms with Crippen LogP contribution in [-0.2, 0) is 20.7 Å². The SMILES string of the molecule is CCOC(=O)[C@@H]1CCCN(C(=O)C[C@H](c2ccc(Cl)c(Cl)c2)c2c[nH]c3c(CC)cccc23)C1. The van der Waals surface area contributed by atoms with Crippen molar-refractivity contribution in [2.45, 2.75) is 45.4 Å². The van der Waals surface area contributed by atoms with Gasteiger partial charge in [0.1, 0.15) is 0 Å². The van der Waals surface area contributed by atoms with Crippen molar-refractivity contribution in [1.82, 2.24) is 9.88 Å². The highest BCUT2D eigenvalue weighted by atomic mass is 35.5. The molecule has 5 nitrogen and oxygen atoms in total. The first-order chi connectivity index (χ1) is 16.4. The van der Waals surface area contributed by atoms with E-state index in [1.54, 1.807) is 13.0 Å². The lowest BCUT2D eigenvalue weighted by Crippen LogP contribution is -2.43. The summed E-state index contributed by atoms with van der Waals surface area (Å²) in [6.07, 6.45) is 4.73.